The van der Waals surface area contributed by atoms with Crippen LogP contribution in [0.15, 0.2) is 35.6 Å². The minimum absolute atomic E-state index is 0.0889. The summed E-state index contributed by atoms with van der Waals surface area (Å²) in [4.78, 5) is 0. The van der Waals surface area contributed by atoms with Crippen LogP contribution in [0.25, 0.3) is 0 Å². The number of rotatable bonds is 1. The van der Waals surface area contributed by atoms with Crippen LogP contribution in [0.1, 0.15) is 34.1 Å². The Balaban J connectivity index is 2.97. The van der Waals surface area contributed by atoms with E-state index in [0.29, 0.717) is 6.61 Å². The van der Waals surface area contributed by atoms with E-state index in [2.05, 4.69) is 45.3 Å². The lowest BCUT2D eigenvalue weighted by molar-refractivity contribution is 0.263. The molecule has 86 valence electrons. The molecule has 0 aromatic heterocycles. The summed E-state index contributed by atoms with van der Waals surface area (Å²) in [6.07, 6.45) is 4.83. The quantitative estimate of drug-likeness (QED) is 0.605. The molecule has 0 aliphatic carbocycles. The zero-order valence-corrected chi connectivity index (χ0v) is 10.7. The molecule has 0 bridgehead atoms. The van der Waals surface area contributed by atoms with Crippen LogP contribution in [0.2, 0.25) is 0 Å². The molecule has 1 nitrogen and oxygen atoms in total. The first-order chi connectivity index (χ1) is 7.45. The van der Waals surface area contributed by atoms with Crippen molar-refractivity contribution < 1.29 is 4.74 Å². The molecule has 0 aromatic carbocycles. The predicted molar refractivity (Wildman–Crippen MR) is 68.8 cm³/mol. The molecule has 1 aliphatic heterocycles. The normalized spacial score (nSPS) is 21.0. The molecule has 1 aliphatic rings. The molecule has 0 atom stereocenters. The second-order valence-corrected chi connectivity index (χ2v) is 4.92. The molecular weight excluding hydrogens is 196 g/mol. The van der Waals surface area contributed by atoms with Crippen LogP contribution in [-0.4, -0.2) is 6.61 Å². The predicted octanol–water partition coefficient (Wildman–Crippen LogP) is 3.84. The highest BCUT2D eigenvalue weighted by atomic mass is 16.5. The summed E-state index contributed by atoms with van der Waals surface area (Å²) in [5, 5.41) is 0. The smallest absolute Gasteiger partial charge is 0.149 e. The van der Waals surface area contributed by atoms with Crippen LogP contribution in [0.4, 0.5) is 0 Å². The van der Waals surface area contributed by atoms with Gasteiger partial charge in [0.25, 0.3) is 0 Å². The monoisotopic (exact) mass is 216 g/mol. The summed E-state index contributed by atoms with van der Waals surface area (Å²) in [5.74, 6) is 6.98. The van der Waals surface area contributed by atoms with Gasteiger partial charge in [0.15, 0.2) is 0 Å². The first-order valence-electron chi connectivity index (χ1n) is 5.60. The molecule has 0 unspecified atom stereocenters. The van der Waals surface area contributed by atoms with E-state index in [1.165, 1.54) is 0 Å². The Hall–Kier alpha value is -1.42. The first-order valence-corrected chi connectivity index (χ1v) is 5.60. The number of ether oxygens (including phenoxy) is 1. The maximum absolute atomic E-state index is 5.56. The average molecular weight is 216 g/mol. The van der Waals surface area contributed by atoms with Crippen molar-refractivity contribution >= 4 is 0 Å². The van der Waals surface area contributed by atoms with Crippen molar-refractivity contribution in [2.45, 2.75) is 34.1 Å². The molecule has 0 aromatic rings. The number of allylic oxidation sites excluding steroid dienone is 4. The molecule has 1 heterocycles. The molecule has 1 rings (SSSR count). The first kappa shape index (κ1) is 12.6. The average Bonchev–Trinajstić information content (AvgIpc) is 2.41. The molecule has 0 amide bonds. The van der Waals surface area contributed by atoms with Gasteiger partial charge < -0.3 is 4.74 Å². The van der Waals surface area contributed by atoms with E-state index in [1.807, 2.05) is 13.0 Å². The fraction of sp³-hybridized carbons (Fsp3) is 0.467. The van der Waals surface area contributed by atoms with E-state index < -0.39 is 0 Å². The molecule has 1 heteroatoms. The van der Waals surface area contributed by atoms with Crippen LogP contribution in [0.5, 0.6) is 0 Å². The molecule has 0 fully saturated rings. The Morgan fingerprint density at radius 1 is 1.38 bits per heavy atom. The third-order valence-electron chi connectivity index (χ3n) is 2.59. The van der Waals surface area contributed by atoms with Crippen LogP contribution in [-0.2, 0) is 4.74 Å². The molecule has 0 spiro atoms. The molecule has 0 saturated heterocycles. The van der Waals surface area contributed by atoms with E-state index >= 15 is 0 Å². The maximum Gasteiger partial charge on any atom is 0.149 e. The zero-order valence-electron chi connectivity index (χ0n) is 10.7. The van der Waals surface area contributed by atoms with E-state index in [0.717, 1.165) is 23.3 Å². The van der Waals surface area contributed by atoms with Gasteiger partial charge in [0.05, 0.1) is 0 Å². The Morgan fingerprint density at radius 2 is 2.06 bits per heavy atom. The van der Waals surface area contributed by atoms with Crippen LogP contribution in [0.3, 0.4) is 0 Å². The highest BCUT2D eigenvalue weighted by Crippen LogP contribution is 2.28. The molecule has 0 saturated carbocycles. The molecule has 16 heavy (non-hydrogen) atoms. The van der Waals surface area contributed by atoms with Crippen molar-refractivity contribution in [3.05, 3.63) is 35.6 Å². The van der Waals surface area contributed by atoms with Gasteiger partial charge in [-0.05, 0) is 24.0 Å². The molecule has 0 radical (unpaired) electrons. The van der Waals surface area contributed by atoms with Crippen LogP contribution >= 0.6 is 0 Å². The minimum Gasteiger partial charge on any atom is -0.481 e. The van der Waals surface area contributed by atoms with Crippen molar-refractivity contribution in [3.63, 3.8) is 0 Å². The fourth-order valence-electron chi connectivity index (χ4n) is 1.32. The van der Waals surface area contributed by atoms with Crippen molar-refractivity contribution in [3.8, 4) is 11.8 Å². The van der Waals surface area contributed by atoms with Crippen LogP contribution in [0, 0.1) is 17.3 Å². The Bertz CT molecular complexity index is 391. The van der Waals surface area contributed by atoms with Gasteiger partial charge in [0, 0.05) is 12.0 Å². The van der Waals surface area contributed by atoms with E-state index in [-0.39, 0.29) is 5.41 Å². The summed E-state index contributed by atoms with van der Waals surface area (Å²) >= 11 is 0. The summed E-state index contributed by atoms with van der Waals surface area (Å²) in [7, 11) is 0. The SMILES string of the molecule is C=C(/C=C1/CC#CCO/C1=C/C)C(C)(C)C. The van der Waals surface area contributed by atoms with Crippen molar-refractivity contribution in [2.24, 2.45) is 5.41 Å². The van der Waals surface area contributed by atoms with Gasteiger partial charge in [-0.2, -0.15) is 0 Å². The zero-order chi connectivity index (χ0) is 12.2. The highest BCUT2D eigenvalue weighted by molar-refractivity contribution is 5.38. The second kappa shape index (κ2) is 5.07. The summed E-state index contributed by atoms with van der Waals surface area (Å²) in [6.45, 7) is 13.1. The van der Waals surface area contributed by atoms with Gasteiger partial charge >= 0.3 is 0 Å². The number of hydrogen-bond acceptors (Lipinski definition) is 1. The van der Waals surface area contributed by atoms with Crippen molar-refractivity contribution in [1.82, 2.24) is 0 Å². The lowest BCUT2D eigenvalue weighted by Crippen LogP contribution is -2.07. The van der Waals surface area contributed by atoms with E-state index in [9.17, 15) is 0 Å². The lowest BCUT2D eigenvalue weighted by atomic mass is 9.86. The Morgan fingerprint density at radius 3 is 2.62 bits per heavy atom. The fourth-order valence-corrected chi connectivity index (χ4v) is 1.32. The van der Waals surface area contributed by atoms with Gasteiger partial charge in [0.2, 0.25) is 0 Å². The highest BCUT2D eigenvalue weighted by Gasteiger charge is 2.15. The largest absolute Gasteiger partial charge is 0.481 e. The standard InChI is InChI=1S/C15H20O/c1-6-14-13(9-7-8-10-16-14)11-12(2)15(3,4)5/h6,11H,2,9-10H2,1,3-5H3/b13-11-,14-6+. The Labute approximate surface area is 98.9 Å². The molecule has 0 N–H and O–H groups in total. The molecular formula is C15H20O. The summed E-state index contributed by atoms with van der Waals surface area (Å²) in [5.41, 5.74) is 2.33. The Kier molecular flexibility index (Phi) is 4.01. The van der Waals surface area contributed by atoms with Gasteiger partial charge in [-0.15, -0.1) is 0 Å². The third kappa shape index (κ3) is 3.31. The topological polar surface area (TPSA) is 9.23 Å². The van der Waals surface area contributed by atoms with Crippen molar-refractivity contribution in [1.29, 1.82) is 0 Å². The lowest BCUT2D eigenvalue weighted by Gasteiger charge is -2.20. The minimum atomic E-state index is 0.0889. The number of hydrogen-bond donors (Lipinski definition) is 0. The van der Waals surface area contributed by atoms with Gasteiger partial charge in [0.1, 0.15) is 12.4 Å². The van der Waals surface area contributed by atoms with E-state index in [4.69, 9.17) is 4.74 Å². The third-order valence-corrected chi connectivity index (χ3v) is 2.59. The van der Waals surface area contributed by atoms with Crippen molar-refractivity contribution in [2.75, 3.05) is 6.61 Å². The van der Waals surface area contributed by atoms with Crippen LogP contribution < -0.4 is 0 Å². The summed E-state index contributed by atoms with van der Waals surface area (Å²) < 4.78 is 5.56. The van der Waals surface area contributed by atoms with Gasteiger partial charge in [-0.25, -0.2) is 0 Å². The maximum atomic E-state index is 5.56. The van der Waals surface area contributed by atoms with Gasteiger partial charge in [-0.3, -0.25) is 0 Å². The summed E-state index contributed by atoms with van der Waals surface area (Å²) in [6, 6.07) is 0. The van der Waals surface area contributed by atoms with E-state index in [1.54, 1.807) is 0 Å². The van der Waals surface area contributed by atoms with Gasteiger partial charge in [-0.1, -0.05) is 45.3 Å². The second-order valence-electron chi connectivity index (χ2n) is 4.92.